The predicted octanol–water partition coefficient (Wildman–Crippen LogP) is 13.5. The summed E-state index contributed by atoms with van der Waals surface area (Å²) >= 11 is 0. The van der Waals surface area contributed by atoms with Crippen LogP contribution in [0.25, 0.3) is 0 Å². The van der Waals surface area contributed by atoms with Crippen molar-refractivity contribution in [2.24, 2.45) is 5.73 Å². The van der Waals surface area contributed by atoms with Gasteiger partial charge in [-0.25, -0.2) is 4.57 Å². The summed E-state index contributed by atoms with van der Waals surface area (Å²) in [6, 6.07) is 0. The predicted molar refractivity (Wildman–Crippen MR) is 224 cm³/mol. The van der Waals surface area contributed by atoms with Crippen molar-refractivity contribution in [1.82, 2.24) is 0 Å². The first-order valence-corrected chi connectivity index (χ1v) is 24.2. The van der Waals surface area contributed by atoms with E-state index in [0.29, 0.717) is 13.0 Å². The molecule has 0 aliphatic heterocycles. The van der Waals surface area contributed by atoms with E-state index in [-0.39, 0.29) is 32.3 Å². The third-order valence-corrected chi connectivity index (χ3v) is 10.9. The molecule has 0 aliphatic rings. The van der Waals surface area contributed by atoms with Gasteiger partial charge in [0.25, 0.3) is 0 Å². The Morgan fingerprint density at radius 1 is 0.547 bits per heavy atom. The minimum Gasteiger partial charge on any atom is -0.457 e. The molecule has 0 aliphatic carbocycles. The number of nitrogens with two attached hydrogens (primary N) is 1. The average Bonchev–Trinajstić information content (AvgIpc) is 3.15. The van der Waals surface area contributed by atoms with Gasteiger partial charge < -0.3 is 20.1 Å². The Morgan fingerprint density at radius 2 is 0.943 bits per heavy atom. The van der Waals surface area contributed by atoms with Gasteiger partial charge in [-0.15, -0.1) is 0 Å². The van der Waals surface area contributed by atoms with Crippen molar-refractivity contribution >= 4 is 13.8 Å². The SMILES string of the molecule is CCCCCCCC/C=C\CCCCCCCCCCOCC(COP(=O)(O)OCCN)OC(=O)CCCCCCCCCCCCCCCCCC. The van der Waals surface area contributed by atoms with Crippen LogP contribution < -0.4 is 5.73 Å². The molecular weight excluding hydrogens is 685 g/mol. The molecule has 0 amide bonds. The molecule has 0 heterocycles. The highest BCUT2D eigenvalue weighted by Gasteiger charge is 2.25. The largest absolute Gasteiger partial charge is 0.472 e. The molecule has 3 N–H and O–H groups in total. The number of allylic oxidation sites excluding steroid dienone is 2. The summed E-state index contributed by atoms with van der Waals surface area (Å²) in [5, 5.41) is 0. The summed E-state index contributed by atoms with van der Waals surface area (Å²) in [4.78, 5) is 22.5. The molecule has 316 valence electrons. The fourth-order valence-electron chi connectivity index (χ4n) is 6.58. The minimum atomic E-state index is -4.27. The van der Waals surface area contributed by atoms with E-state index >= 15 is 0 Å². The highest BCUT2D eigenvalue weighted by atomic mass is 31.2. The zero-order valence-corrected chi connectivity index (χ0v) is 35.9. The van der Waals surface area contributed by atoms with Crippen LogP contribution in [-0.2, 0) is 27.9 Å². The van der Waals surface area contributed by atoms with Crippen LogP contribution in [0, 0.1) is 0 Å². The van der Waals surface area contributed by atoms with Crippen molar-refractivity contribution in [3.8, 4) is 0 Å². The van der Waals surface area contributed by atoms with Crippen LogP contribution >= 0.6 is 7.82 Å². The van der Waals surface area contributed by atoms with Crippen molar-refractivity contribution in [1.29, 1.82) is 0 Å². The maximum Gasteiger partial charge on any atom is 0.472 e. The van der Waals surface area contributed by atoms with Gasteiger partial charge in [0.15, 0.2) is 0 Å². The zero-order chi connectivity index (χ0) is 38.8. The van der Waals surface area contributed by atoms with Gasteiger partial charge in [-0.1, -0.05) is 193 Å². The van der Waals surface area contributed by atoms with Crippen molar-refractivity contribution in [3.05, 3.63) is 12.2 Å². The fraction of sp³-hybridized carbons (Fsp3) is 0.932. The minimum absolute atomic E-state index is 0.0926. The van der Waals surface area contributed by atoms with E-state index in [1.54, 1.807) is 0 Å². The van der Waals surface area contributed by atoms with Gasteiger partial charge in [0, 0.05) is 19.6 Å². The first kappa shape index (κ1) is 52.2. The van der Waals surface area contributed by atoms with E-state index in [1.807, 2.05) is 0 Å². The standard InChI is InChI=1S/C44H88NO7P/c1-3-5-7-9-11-13-15-17-19-21-22-24-26-28-30-32-34-36-39-49-41-43(42-51-53(47,48)50-40-38-45)52-44(46)37-35-33-31-29-27-25-23-20-18-16-14-12-10-8-6-4-2/h17,19,43H,3-16,18,20-42,45H2,1-2H3,(H,47,48)/b19-17-. The van der Waals surface area contributed by atoms with E-state index in [2.05, 4.69) is 26.0 Å². The van der Waals surface area contributed by atoms with E-state index in [4.69, 9.17) is 24.3 Å². The molecule has 0 aromatic rings. The second-order valence-corrected chi connectivity index (χ2v) is 16.7. The summed E-state index contributed by atoms with van der Waals surface area (Å²) in [5.74, 6) is -0.326. The highest BCUT2D eigenvalue weighted by Crippen LogP contribution is 2.43. The Morgan fingerprint density at radius 3 is 1.38 bits per heavy atom. The number of phosphoric acid groups is 1. The van der Waals surface area contributed by atoms with Gasteiger partial charge in [-0.3, -0.25) is 13.8 Å². The normalized spacial score (nSPS) is 13.5. The van der Waals surface area contributed by atoms with E-state index < -0.39 is 13.9 Å². The Labute approximate surface area is 328 Å². The quantitative estimate of drug-likeness (QED) is 0.0272. The molecule has 0 fully saturated rings. The van der Waals surface area contributed by atoms with E-state index in [9.17, 15) is 14.3 Å². The third-order valence-electron chi connectivity index (χ3n) is 9.93. The second-order valence-electron chi connectivity index (χ2n) is 15.3. The third kappa shape index (κ3) is 42.2. The van der Waals surface area contributed by atoms with Crippen molar-refractivity contribution in [3.63, 3.8) is 0 Å². The van der Waals surface area contributed by atoms with E-state index in [0.717, 1.165) is 32.1 Å². The fourth-order valence-corrected chi connectivity index (χ4v) is 7.35. The first-order valence-electron chi connectivity index (χ1n) is 22.7. The number of esters is 1. The van der Waals surface area contributed by atoms with Gasteiger partial charge in [0.1, 0.15) is 6.10 Å². The molecule has 9 heteroatoms. The van der Waals surface area contributed by atoms with Gasteiger partial charge in [-0.05, 0) is 38.5 Å². The Hall–Kier alpha value is -0.760. The number of hydrogen-bond acceptors (Lipinski definition) is 7. The second kappa shape index (κ2) is 42.4. The van der Waals surface area contributed by atoms with Crippen molar-refractivity contribution in [2.45, 2.75) is 232 Å². The van der Waals surface area contributed by atoms with Crippen LogP contribution in [0.4, 0.5) is 0 Å². The number of rotatable bonds is 44. The molecule has 0 saturated heterocycles. The summed E-state index contributed by atoms with van der Waals surface area (Å²) in [6.45, 7) is 4.96. The molecule has 0 bridgehead atoms. The first-order chi connectivity index (χ1) is 25.9. The molecule has 2 atom stereocenters. The van der Waals surface area contributed by atoms with Crippen LogP contribution in [0.15, 0.2) is 12.2 Å². The van der Waals surface area contributed by atoms with E-state index in [1.165, 1.54) is 173 Å². The summed E-state index contributed by atoms with van der Waals surface area (Å²) < 4.78 is 33.5. The maximum atomic E-state index is 12.6. The number of ether oxygens (including phenoxy) is 2. The summed E-state index contributed by atoms with van der Waals surface area (Å²) in [5.41, 5.74) is 5.37. The lowest BCUT2D eigenvalue weighted by molar-refractivity contribution is -0.154. The molecule has 8 nitrogen and oxygen atoms in total. The molecular formula is C44H88NO7P. The number of carbonyl (C=O) groups excluding carboxylic acids is 1. The zero-order valence-electron chi connectivity index (χ0n) is 35.0. The molecule has 0 rings (SSSR count). The van der Waals surface area contributed by atoms with Gasteiger partial charge in [0.05, 0.1) is 19.8 Å². The molecule has 53 heavy (non-hydrogen) atoms. The van der Waals surface area contributed by atoms with Gasteiger partial charge >= 0.3 is 13.8 Å². The smallest absolute Gasteiger partial charge is 0.457 e. The lowest BCUT2D eigenvalue weighted by Gasteiger charge is -2.20. The lowest BCUT2D eigenvalue weighted by Crippen LogP contribution is -2.28. The van der Waals surface area contributed by atoms with Gasteiger partial charge in [0.2, 0.25) is 0 Å². The van der Waals surface area contributed by atoms with Crippen LogP contribution in [-0.4, -0.2) is 49.9 Å². The lowest BCUT2D eigenvalue weighted by atomic mass is 10.0. The van der Waals surface area contributed by atoms with Crippen LogP contribution in [0.3, 0.4) is 0 Å². The number of unbranched alkanes of at least 4 members (excludes halogenated alkanes) is 29. The average molecular weight is 774 g/mol. The Balaban J connectivity index is 3.97. The van der Waals surface area contributed by atoms with Crippen LogP contribution in [0.1, 0.15) is 226 Å². The number of hydrogen-bond donors (Lipinski definition) is 2. The molecule has 2 unspecified atom stereocenters. The topological polar surface area (TPSA) is 117 Å². The van der Waals surface area contributed by atoms with Crippen LogP contribution in [0.2, 0.25) is 0 Å². The molecule has 0 radical (unpaired) electrons. The Kier molecular flexibility index (Phi) is 41.8. The molecule has 0 saturated carbocycles. The molecule has 0 spiro atoms. The van der Waals surface area contributed by atoms with Crippen LogP contribution in [0.5, 0.6) is 0 Å². The Bertz CT molecular complexity index is 828. The maximum absolute atomic E-state index is 12.6. The monoisotopic (exact) mass is 774 g/mol. The van der Waals surface area contributed by atoms with Crippen molar-refractivity contribution in [2.75, 3.05) is 33.0 Å². The number of carbonyl (C=O) groups is 1. The molecule has 0 aromatic carbocycles. The number of phosphoric ester groups is 1. The highest BCUT2D eigenvalue weighted by molar-refractivity contribution is 7.47. The van der Waals surface area contributed by atoms with Crippen molar-refractivity contribution < 1.29 is 32.8 Å². The molecule has 0 aromatic heterocycles. The van der Waals surface area contributed by atoms with Gasteiger partial charge in [-0.2, -0.15) is 0 Å². The summed E-state index contributed by atoms with van der Waals surface area (Å²) in [7, 11) is -4.27. The summed E-state index contributed by atoms with van der Waals surface area (Å²) in [6.07, 6.45) is 45.1.